The average Bonchev–Trinajstić information content (AvgIpc) is 2.83. The summed E-state index contributed by atoms with van der Waals surface area (Å²) in [6.45, 7) is 3.76. The fraction of sp³-hybridized carbons (Fsp3) is 0.125. The third-order valence-corrected chi connectivity index (χ3v) is 3.05. The molecule has 1 aliphatic heterocycles. The van der Waals surface area contributed by atoms with Crippen molar-refractivity contribution in [2.75, 3.05) is 0 Å². The van der Waals surface area contributed by atoms with Crippen LogP contribution in [-0.4, -0.2) is 0 Å². The molecule has 0 radical (unpaired) electrons. The van der Waals surface area contributed by atoms with Gasteiger partial charge in [-0.2, -0.15) is 0 Å². The van der Waals surface area contributed by atoms with E-state index in [1.54, 1.807) is 0 Å². The van der Waals surface area contributed by atoms with E-state index in [-0.39, 0.29) is 12.2 Å². The molecule has 1 heterocycles. The molecule has 0 aromatic heterocycles. The number of hydrogen-bond acceptors (Lipinski definition) is 2. The van der Waals surface area contributed by atoms with Gasteiger partial charge in [-0.25, -0.2) is 0 Å². The van der Waals surface area contributed by atoms with Gasteiger partial charge in [-0.15, -0.1) is 0 Å². The minimum atomic E-state index is -0.124. The lowest BCUT2D eigenvalue weighted by molar-refractivity contribution is 0.142. The first kappa shape index (κ1) is 10.9. The van der Waals surface area contributed by atoms with Crippen LogP contribution in [0.25, 0.3) is 0 Å². The van der Waals surface area contributed by atoms with Crippen LogP contribution in [0.15, 0.2) is 73.2 Å². The molecule has 2 heteroatoms. The van der Waals surface area contributed by atoms with Crippen molar-refractivity contribution in [1.82, 2.24) is 0 Å². The van der Waals surface area contributed by atoms with Crippen LogP contribution in [-0.2, 0) is 9.47 Å². The van der Waals surface area contributed by atoms with Gasteiger partial charge in [0.15, 0.2) is 12.2 Å². The van der Waals surface area contributed by atoms with Crippen molar-refractivity contribution >= 4 is 0 Å². The van der Waals surface area contributed by atoms with Crippen molar-refractivity contribution in [3.63, 3.8) is 0 Å². The van der Waals surface area contributed by atoms with Crippen molar-refractivity contribution in [1.29, 1.82) is 0 Å². The Kier molecular flexibility index (Phi) is 2.77. The fourth-order valence-electron chi connectivity index (χ4n) is 2.21. The van der Waals surface area contributed by atoms with Gasteiger partial charge in [0, 0.05) is 0 Å². The number of benzene rings is 2. The van der Waals surface area contributed by atoms with E-state index in [0.717, 1.165) is 11.1 Å². The molecule has 3 rings (SSSR count). The Morgan fingerprint density at radius 2 is 1.06 bits per heavy atom. The van der Waals surface area contributed by atoms with E-state index >= 15 is 0 Å². The van der Waals surface area contributed by atoms with Gasteiger partial charge in [0.05, 0.1) is 0 Å². The monoisotopic (exact) mass is 238 g/mol. The maximum atomic E-state index is 5.70. The van der Waals surface area contributed by atoms with Gasteiger partial charge in [0.25, 0.3) is 5.95 Å². The second-order valence-electron chi connectivity index (χ2n) is 4.27. The lowest BCUT2D eigenvalue weighted by atomic mass is 9.99. The Balaban J connectivity index is 1.96. The number of rotatable bonds is 2. The molecule has 2 nitrogen and oxygen atoms in total. The van der Waals surface area contributed by atoms with Crippen LogP contribution < -0.4 is 0 Å². The molecule has 0 aliphatic carbocycles. The maximum absolute atomic E-state index is 5.70. The molecule has 1 aliphatic rings. The van der Waals surface area contributed by atoms with Crippen LogP contribution in [0.1, 0.15) is 23.3 Å². The summed E-state index contributed by atoms with van der Waals surface area (Å²) in [6, 6.07) is 20.2. The lowest BCUT2D eigenvalue weighted by Crippen LogP contribution is -2.06. The molecule has 2 aromatic rings. The summed E-state index contributed by atoms with van der Waals surface area (Å²) < 4.78 is 11.4. The topological polar surface area (TPSA) is 18.5 Å². The van der Waals surface area contributed by atoms with Gasteiger partial charge < -0.3 is 9.47 Å². The third kappa shape index (κ3) is 1.97. The molecule has 2 atom stereocenters. The van der Waals surface area contributed by atoms with Gasteiger partial charge >= 0.3 is 0 Å². The first-order valence-electron chi connectivity index (χ1n) is 5.97. The Morgan fingerprint density at radius 3 is 1.44 bits per heavy atom. The van der Waals surface area contributed by atoms with Crippen molar-refractivity contribution in [3.8, 4) is 0 Å². The molecule has 0 spiro atoms. The second kappa shape index (κ2) is 4.57. The molecule has 18 heavy (non-hydrogen) atoms. The minimum Gasteiger partial charge on any atom is -0.453 e. The molecule has 1 fully saturated rings. The highest BCUT2D eigenvalue weighted by Gasteiger charge is 2.35. The zero-order valence-electron chi connectivity index (χ0n) is 9.95. The predicted molar refractivity (Wildman–Crippen MR) is 69.7 cm³/mol. The number of ether oxygens (including phenoxy) is 2. The van der Waals surface area contributed by atoms with Crippen LogP contribution in [0.5, 0.6) is 0 Å². The van der Waals surface area contributed by atoms with E-state index in [4.69, 9.17) is 9.47 Å². The van der Waals surface area contributed by atoms with Crippen molar-refractivity contribution in [2.45, 2.75) is 12.2 Å². The zero-order chi connectivity index (χ0) is 12.4. The van der Waals surface area contributed by atoms with E-state index in [9.17, 15) is 0 Å². The van der Waals surface area contributed by atoms with Gasteiger partial charge in [-0.05, 0) is 17.7 Å². The Bertz CT molecular complexity index is 484. The SMILES string of the molecule is C=C1OC(c2ccccc2)C(c2ccccc2)O1. The smallest absolute Gasteiger partial charge is 0.273 e. The fourth-order valence-corrected chi connectivity index (χ4v) is 2.21. The summed E-state index contributed by atoms with van der Waals surface area (Å²) in [7, 11) is 0. The molecule has 1 saturated heterocycles. The van der Waals surface area contributed by atoms with Gasteiger partial charge in [0.1, 0.15) is 0 Å². The summed E-state index contributed by atoms with van der Waals surface area (Å²) in [5, 5.41) is 0. The summed E-state index contributed by atoms with van der Waals surface area (Å²) in [5.74, 6) is 0.387. The third-order valence-electron chi connectivity index (χ3n) is 3.05. The van der Waals surface area contributed by atoms with Gasteiger partial charge in [0.2, 0.25) is 0 Å². The highest BCUT2D eigenvalue weighted by Crippen LogP contribution is 2.43. The molecule has 90 valence electrons. The van der Waals surface area contributed by atoms with Crippen LogP contribution >= 0.6 is 0 Å². The van der Waals surface area contributed by atoms with Crippen LogP contribution in [0.3, 0.4) is 0 Å². The van der Waals surface area contributed by atoms with E-state index in [0.29, 0.717) is 5.95 Å². The number of hydrogen-bond donors (Lipinski definition) is 0. The Hall–Kier alpha value is -2.22. The van der Waals surface area contributed by atoms with Crippen molar-refractivity contribution in [3.05, 3.63) is 84.3 Å². The summed E-state index contributed by atoms with van der Waals surface area (Å²) in [5.41, 5.74) is 2.20. The van der Waals surface area contributed by atoms with Crippen LogP contribution in [0.4, 0.5) is 0 Å². The quantitative estimate of drug-likeness (QED) is 0.787. The molecular formula is C16H14O2. The predicted octanol–water partition coefficient (Wildman–Crippen LogP) is 3.99. The van der Waals surface area contributed by atoms with Crippen molar-refractivity contribution in [2.24, 2.45) is 0 Å². The summed E-state index contributed by atoms with van der Waals surface area (Å²) >= 11 is 0. The molecular weight excluding hydrogens is 224 g/mol. The van der Waals surface area contributed by atoms with Gasteiger partial charge in [-0.1, -0.05) is 60.7 Å². The van der Waals surface area contributed by atoms with E-state index < -0.39 is 0 Å². The van der Waals surface area contributed by atoms with Gasteiger partial charge in [-0.3, -0.25) is 0 Å². The minimum absolute atomic E-state index is 0.124. The van der Waals surface area contributed by atoms with Crippen LogP contribution in [0, 0.1) is 0 Å². The first-order valence-corrected chi connectivity index (χ1v) is 5.97. The first-order chi connectivity index (χ1) is 8.84. The normalized spacial score (nSPS) is 22.3. The standard InChI is InChI=1S/C16H14O2/c1-12-17-15(13-8-4-2-5-9-13)16(18-12)14-10-6-3-7-11-14/h2-11,15-16H,1H2. The molecule has 0 N–H and O–H groups in total. The van der Waals surface area contributed by atoms with E-state index in [2.05, 4.69) is 6.58 Å². The van der Waals surface area contributed by atoms with Crippen molar-refractivity contribution < 1.29 is 9.47 Å². The highest BCUT2D eigenvalue weighted by atomic mass is 16.7. The zero-order valence-corrected chi connectivity index (χ0v) is 9.95. The Labute approximate surface area is 106 Å². The Morgan fingerprint density at radius 1 is 0.667 bits per heavy atom. The lowest BCUT2D eigenvalue weighted by Gasteiger charge is -2.16. The largest absolute Gasteiger partial charge is 0.453 e. The summed E-state index contributed by atoms with van der Waals surface area (Å²) in [6.07, 6.45) is -0.248. The van der Waals surface area contributed by atoms with Crippen LogP contribution in [0.2, 0.25) is 0 Å². The molecule has 0 saturated carbocycles. The molecule has 0 amide bonds. The van der Waals surface area contributed by atoms with E-state index in [1.165, 1.54) is 0 Å². The molecule has 0 bridgehead atoms. The average molecular weight is 238 g/mol. The maximum Gasteiger partial charge on any atom is 0.273 e. The van der Waals surface area contributed by atoms with E-state index in [1.807, 2.05) is 60.7 Å². The summed E-state index contributed by atoms with van der Waals surface area (Å²) in [4.78, 5) is 0. The second-order valence-corrected chi connectivity index (χ2v) is 4.27. The molecule has 2 aromatic carbocycles. The molecule has 2 unspecified atom stereocenters. The highest BCUT2D eigenvalue weighted by molar-refractivity contribution is 5.27.